The zero-order valence-corrected chi connectivity index (χ0v) is 21.7. The van der Waals surface area contributed by atoms with Crippen molar-refractivity contribution in [2.75, 3.05) is 11.5 Å². The van der Waals surface area contributed by atoms with Crippen molar-refractivity contribution in [2.45, 2.75) is 58.8 Å². The van der Waals surface area contributed by atoms with Gasteiger partial charge in [-0.3, -0.25) is 0 Å². The lowest BCUT2D eigenvalue weighted by molar-refractivity contribution is 0.752. The summed E-state index contributed by atoms with van der Waals surface area (Å²) >= 11 is 0. The van der Waals surface area contributed by atoms with Gasteiger partial charge < -0.3 is 11.5 Å². The molecule has 0 amide bonds. The number of fused-ring (bicyclic) bond motifs is 3. The van der Waals surface area contributed by atoms with E-state index in [0.29, 0.717) is 11.8 Å². The van der Waals surface area contributed by atoms with Crippen molar-refractivity contribution in [3.05, 3.63) is 117 Å². The number of nitrogens with two attached hydrogens (primary N) is 2. The van der Waals surface area contributed by atoms with Crippen LogP contribution in [0.2, 0.25) is 0 Å². The van der Waals surface area contributed by atoms with Gasteiger partial charge in [0.15, 0.2) is 0 Å². The summed E-state index contributed by atoms with van der Waals surface area (Å²) in [4.78, 5) is 0. The van der Waals surface area contributed by atoms with Crippen molar-refractivity contribution in [1.82, 2.24) is 0 Å². The number of benzene rings is 4. The second-order valence-electron chi connectivity index (χ2n) is 10.7. The Hall–Kier alpha value is -3.52. The summed E-state index contributed by atoms with van der Waals surface area (Å²) in [5, 5.41) is 0. The third-order valence-electron chi connectivity index (χ3n) is 7.90. The molecule has 1 aliphatic carbocycles. The Labute approximate surface area is 210 Å². The van der Waals surface area contributed by atoms with Gasteiger partial charge in [-0.1, -0.05) is 100 Å². The predicted octanol–water partition coefficient (Wildman–Crippen LogP) is 8.08. The lowest BCUT2D eigenvalue weighted by atomic mass is 9.66. The molecule has 1 aliphatic rings. The van der Waals surface area contributed by atoms with E-state index in [1.807, 2.05) is 0 Å². The molecule has 0 radical (unpaired) electrons. The fourth-order valence-electron chi connectivity index (χ4n) is 6.06. The van der Waals surface area contributed by atoms with E-state index >= 15 is 0 Å². The summed E-state index contributed by atoms with van der Waals surface area (Å²) in [6.45, 7) is 13.2. The molecule has 5 rings (SSSR count). The standard InChI is InChI=1S/C33H36N2/c1-19(2)27-17-23(15-21(5)31(27)34)33(24-16-22(6)32(35)28(18-24)20(3)4)29-13-9-7-11-25(29)26-12-8-10-14-30(26)33/h7-20H,34-35H2,1-6H3. The van der Waals surface area contributed by atoms with Crippen LogP contribution in [-0.2, 0) is 5.41 Å². The van der Waals surface area contributed by atoms with Crippen molar-refractivity contribution in [3.63, 3.8) is 0 Å². The van der Waals surface area contributed by atoms with Crippen molar-refractivity contribution in [3.8, 4) is 11.1 Å². The van der Waals surface area contributed by atoms with E-state index in [9.17, 15) is 0 Å². The molecule has 0 saturated carbocycles. The molecular formula is C33H36N2. The smallest absolute Gasteiger partial charge is 0.0714 e. The Morgan fingerprint density at radius 3 is 1.31 bits per heavy atom. The first-order valence-electron chi connectivity index (χ1n) is 12.7. The fraction of sp³-hybridized carbons (Fsp3) is 0.273. The highest BCUT2D eigenvalue weighted by Crippen LogP contribution is 2.57. The van der Waals surface area contributed by atoms with Crippen LogP contribution in [0.4, 0.5) is 11.4 Å². The Morgan fingerprint density at radius 1 is 0.571 bits per heavy atom. The van der Waals surface area contributed by atoms with E-state index in [1.165, 1.54) is 44.5 Å². The Kier molecular flexibility index (Phi) is 5.51. The third kappa shape index (κ3) is 3.31. The highest BCUT2D eigenvalue weighted by Gasteiger charge is 2.46. The van der Waals surface area contributed by atoms with Gasteiger partial charge in [0.05, 0.1) is 5.41 Å². The van der Waals surface area contributed by atoms with Gasteiger partial charge in [0.1, 0.15) is 0 Å². The summed E-state index contributed by atoms with van der Waals surface area (Å²) in [5.41, 5.74) is 27.0. The van der Waals surface area contributed by atoms with Crippen molar-refractivity contribution < 1.29 is 0 Å². The van der Waals surface area contributed by atoms with Crippen LogP contribution in [0.15, 0.2) is 72.8 Å². The molecule has 0 unspecified atom stereocenters. The van der Waals surface area contributed by atoms with E-state index < -0.39 is 5.41 Å². The van der Waals surface area contributed by atoms with Gasteiger partial charge in [-0.05, 0) is 81.3 Å². The van der Waals surface area contributed by atoms with E-state index in [1.54, 1.807) is 0 Å². The van der Waals surface area contributed by atoms with Crippen LogP contribution in [-0.4, -0.2) is 0 Å². The Morgan fingerprint density at radius 2 is 0.943 bits per heavy atom. The molecule has 0 atom stereocenters. The number of anilines is 2. The number of hydrogen-bond acceptors (Lipinski definition) is 2. The maximum absolute atomic E-state index is 6.61. The minimum absolute atomic E-state index is 0.331. The van der Waals surface area contributed by atoms with Gasteiger partial charge in [-0.25, -0.2) is 0 Å². The number of hydrogen-bond donors (Lipinski definition) is 2. The van der Waals surface area contributed by atoms with Crippen LogP contribution in [0.3, 0.4) is 0 Å². The second-order valence-corrected chi connectivity index (χ2v) is 10.7. The molecule has 4 aromatic rings. The largest absolute Gasteiger partial charge is 0.398 e. The maximum atomic E-state index is 6.61. The van der Waals surface area contributed by atoms with E-state index in [4.69, 9.17) is 11.5 Å². The van der Waals surface area contributed by atoms with Crippen LogP contribution in [0, 0.1) is 13.8 Å². The number of aryl methyl sites for hydroxylation is 2. The van der Waals surface area contributed by atoms with Crippen LogP contribution in [0.5, 0.6) is 0 Å². The molecule has 0 aromatic heterocycles. The van der Waals surface area contributed by atoms with Crippen molar-refractivity contribution >= 4 is 11.4 Å². The molecule has 2 nitrogen and oxygen atoms in total. The summed E-state index contributed by atoms with van der Waals surface area (Å²) < 4.78 is 0. The number of rotatable bonds is 4. The minimum atomic E-state index is -0.447. The van der Waals surface area contributed by atoms with Crippen LogP contribution < -0.4 is 11.5 Å². The van der Waals surface area contributed by atoms with Gasteiger partial charge in [-0.2, -0.15) is 0 Å². The van der Waals surface area contributed by atoms with E-state index in [2.05, 4.69) is 114 Å². The van der Waals surface area contributed by atoms with E-state index in [0.717, 1.165) is 22.5 Å². The molecule has 4 N–H and O–H groups in total. The van der Waals surface area contributed by atoms with E-state index in [-0.39, 0.29) is 0 Å². The Balaban J connectivity index is 2.00. The summed E-state index contributed by atoms with van der Waals surface area (Å²) in [6, 6.07) is 27.1. The molecule has 178 valence electrons. The molecule has 0 fully saturated rings. The molecule has 35 heavy (non-hydrogen) atoms. The highest BCUT2D eigenvalue weighted by molar-refractivity contribution is 5.87. The monoisotopic (exact) mass is 460 g/mol. The first kappa shape index (κ1) is 23.2. The normalized spacial score (nSPS) is 13.8. The van der Waals surface area contributed by atoms with Gasteiger partial charge in [0.2, 0.25) is 0 Å². The topological polar surface area (TPSA) is 52.0 Å². The predicted molar refractivity (Wildman–Crippen MR) is 150 cm³/mol. The quantitative estimate of drug-likeness (QED) is 0.266. The molecular weight excluding hydrogens is 424 g/mol. The third-order valence-corrected chi connectivity index (χ3v) is 7.90. The average Bonchev–Trinajstić information content (AvgIpc) is 3.13. The van der Waals surface area contributed by atoms with Crippen LogP contribution >= 0.6 is 0 Å². The second kappa shape index (κ2) is 8.30. The summed E-state index contributed by atoms with van der Waals surface area (Å²) in [7, 11) is 0. The summed E-state index contributed by atoms with van der Waals surface area (Å²) in [6.07, 6.45) is 0. The van der Waals surface area contributed by atoms with Gasteiger partial charge >= 0.3 is 0 Å². The lowest BCUT2D eigenvalue weighted by Gasteiger charge is -2.36. The Bertz CT molecular complexity index is 1330. The average molecular weight is 461 g/mol. The van der Waals surface area contributed by atoms with Gasteiger partial charge in [0.25, 0.3) is 0 Å². The van der Waals surface area contributed by atoms with Crippen molar-refractivity contribution in [2.24, 2.45) is 0 Å². The maximum Gasteiger partial charge on any atom is 0.0714 e. The zero-order chi connectivity index (χ0) is 25.1. The first-order valence-corrected chi connectivity index (χ1v) is 12.7. The molecule has 0 bridgehead atoms. The highest BCUT2D eigenvalue weighted by atomic mass is 14.6. The van der Waals surface area contributed by atoms with Crippen molar-refractivity contribution in [1.29, 1.82) is 0 Å². The van der Waals surface area contributed by atoms with Crippen LogP contribution in [0.25, 0.3) is 11.1 Å². The first-order chi connectivity index (χ1) is 16.7. The fourth-order valence-corrected chi connectivity index (χ4v) is 6.06. The van der Waals surface area contributed by atoms with Gasteiger partial charge in [0, 0.05) is 11.4 Å². The SMILES string of the molecule is Cc1cc(C2(c3cc(C)c(N)c(C(C)C)c3)c3ccccc3-c3ccccc32)cc(C(C)C)c1N. The molecule has 0 aliphatic heterocycles. The molecule has 0 saturated heterocycles. The van der Waals surface area contributed by atoms with Gasteiger partial charge in [-0.15, -0.1) is 0 Å². The lowest BCUT2D eigenvalue weighted by Crippen LogP contribution is -2.30. The number of nitrogen functional groups attached to an aromatic ring is 2. The molecule has 4 aromatic carbocycles. The van der Waals surface area contributed by atoms with Crippen LogP contribution in [0.1, 0.15) is 84.0 Å². The zero-order valence-electron chi connectivity index (χ0n) is 21.7. The molecule has 0 spiro atoms. The summed E-state index contributed by atoms with van der Waals surface area (Å²) in [5.74, 6) is 0.661. The minimum Gasteiger partial charge on any atom is -0.398 e. The molecule has 0 heterocycles. The molecule has 2 heteroatoms.